The topological polar surface area (TPSA) is 61.8 Å². The van der Waals surface area contributed by atoms with E-state index in [1.54, 1.807) is 4.90 Å². The molecule has 1 heterocycles. The third-order valence-corrected chi connectivity index (χ3v) is 2.94. The molecule has 98 valence electrons. The van der Waals surface area contributed by atoms with E-state index in [0.29, 0.717) is 19.6 Å². The molecule has 0 radical (unpaired) electrons. The normalized spacial score (nSPS) is 19.6. The molecule has 2 N–H and O–H groups in total. The number of hydrogen-bond donors (Lipinski definition) is 2. The molecule has 1 fully saturated rings. The van der Waals surface area contributed by atoms with Gasteiger partial charge in [0.2, 0.25) is 0 Å². The smallest absolute Gasteiger partial charge is 0.410 e. The molecule has 0 bridgehead atoms. The minimum Gasteiger partial charge on any atom is -0.445 e. The lowest BCUT2D eigenvalue weighted by Crippen LogP contribution is -2.54. The van der Waals surface area contributed by atoms with Crippen LogP contribution in [-0.4, -0.2) is 48.4 Å². The monoisotopic (exact) mass is 250 g/mol. The van der Waals surface area contributed by atoms with E-state index in [0.717, 1.165) is 5.56 Å². The van der Waals surface area contributed by atoms with Gasteiger partial charge < -0.3 is 20.1 Å². The Morgan fingerprint density at radius 2 is 2.22 bits per heavy atom. The first-order valence-corrected chi connectivity index (χ1v) is 6.09. The zero-order valence-corrected chi connectivity index (χ0v) is 10.2. The summed E-state index contributed by atoms with van der Waals surface area (Å²) >= 11 is 0. The van der Waals surface area contributed by atoms with Gasteiger partial charge in [0.05, 0.1) is 6.61 Å². The van der Waals surface area contributed by atoms with Crippen LogP contribution < -0.4 is 5.32 Å². The number of benzene rings is 1. The van der Waals surface area contributed by atoms with E-state index in [4.69, 9.17) is 9.84 Å². The fraction of sp³-hybridized carbons (Fsp3) is 0.462. The SMILES string of the molecule is O=C(OCc1ccccc1)N1CCN[C@H](CO)C1. The summed E-state index contributed by atoms with van der Waals surface area (Å²) in [6.07, 6.45) is -0.321. The fourth-order valence-electron chi connectivity index (χ4n) is 1.92. The number of amides is 1. The molecule has 1 saturated heterocycles. The molecular weight excluding hydrogens is 232 g/mol. The van der Waals surface area contributed by atoms with Crippen LogP contribution in [0.4, 0.5) is 4.79 Å². The second-order valence-corrected chi connectivity index (χ2v) is 4.32. The molecule has 0 aliphatic carbocycles. The minimum absolute atomic E-state index is 0.0302. The highest BCUT2D eigenvalue weighted by atomic mass is 16.6. The highest BCUT2D eigenvalue weighted by Crippen LogP contribution is 2.05. The third kappa shape index (κ3) is 3.45. The predicted molar refractivity (Wildman–Crippen MR) is 67.1 cm³/mol. The fourth-order valence-corrected chi connectivity index (χ4v) is 1.92. The van der Waals surface area contributed by atoms with Crippen molar-refractivity contribution in [1.82, 2.24) is 10.2 Å². The molecule has 0 unspecified atom stereocenters. The maximum atomic E-state index is 11.8. The van der Waals surface area contributed by atoms with Gasteiger partial charge in [0.1, 0.15) is 6.61 Å². The Labute approximate surface area is 106 Å². The lowest BCUT2D eigenvalue weighted by molar-refractivity contribution is 0.0781. The van der Waals surface area contributed by atoms with Gasteiger partial charge in [0.25, 0.3) is 0 Å². The van der Waals surface area contributed by atoms with Gasteiger partial charge in [0.15, 0.2) is 0 Å². The van der Waals surface area contributed by atoms with E-state index in [1.807, 2.05) is 30.3 Å². The van der Waals surface area contributed by atoms with Crippen LogP contribution in [0.3, 0.4) is 0 Å². The van der Waals surface area contributed by atoms with Crippen LogP contribution in [0.5, 0.6) is 0 Å². The summed E-state index contributed by atoms with van der Waals surface area (Å²) in [4.78, 5) is 13.5. The molecule has 1 amide bonds. The number of hydrogen-bond acceptors (Lipinski definition) is 4. The van der Waals surface area contributed by atoms with Crippen LogP contribution in [0.2, 0.25) is 0 Å². The standard InChI is InChI=1S/C13H18N2O3/c16-9-12-8-15(7-6-14-12)13(17)18-10-11-4-2-1-3-5-11/h1-5,12,14,16H,6-10H2/t12-/m0/s1. The third-order valence-electron chi connectivity index (χ3n) is 2.94. The number of nitrogens with one attached hydrogen (secondary N) is 1. The van der Waals surface area contributed by atoms with Crippen molar-refractivity contribution in [2.24, 2.45) is 0 Å². The molecule has 0 saturated carbocycles. The Morgan fingerprint density at radius 1 is 1.44 bits per heavy atom. The van der Waals surface area contributed by atoms with E-state index >= 15 is 0 Å². The van der Waals surface area contributed by atoms with E-state index < -0.39 is 0 Å². The Bertz CT molecular complexity index is 383. The average molecular weight is 250 g/mol. The Balaban J connectivity index is 1.81. The second kappa shape index (κ2) is 6.37. The Morgan fingerprint density at radius 3 is 2.94 bits per heavy atom. The van der Waals surface area contributed by atoms with Gasteiger partial charge >= 0.3 is 6.09 Å². The molecule has 18 heavy (non-hydrogen) atoms. The second-order valence-electron chi connectivity index (χ2n) is 4.32. The van der Waals surface area contributed by atoms with Gasteiger partial charge in [-0.1, -0.05) is 30.3 Å². The summed E-state index contributed by atoms with van der Waals surface area (Å²) < 4.78 is 5.24. The molecular formula is C13H18N2O3. The van der Waals surface area contributed by atoms with Crippen molar-refractivity contribution in [1.29, 1.82) is 0 Å². The van der Waals surface area contributed by atoms with E-state index in [1.165, 1.54) is 0 Å². The summed E-state index contributed by atoms with van der Waals surface area (Å²) in [7, 11) is 0. The summed E-state index contributed by atoms with van der Waals surface area (Å²) in [5, 5.41) is 12.2. The number of nitrogens with zero attached hydrogens (tertiary/aromatic N) is 1. The summed E-state index contributed by atoms with van der Waals surface area (Å²) in [6.45, 7) is 2.11. The summed E-state index contributed by atoms with van der Waals surface area (Å²) in [5.41, 5.74) is 0.972. The van der Waals surface area contributed by atoms with Gasteiger partial charge in [-0.25, -0.2) is 4.79 Å². The number of ether oxygens (including phenoxy) is 1. The number of aliphatic hydroxyl groups excluding tert-OH is 1. The van der Waals surface area contributed by atoms with Crippen molar-refractivity contribution in [3.05, 3.63) is 35.9 Å². The highest BCUT2D eigenvalue weighted by Gasteiger charge is 2.23. The number of aliphatic hydroxyl groups is 1. The van der Waals surface area contributed by atoms with Crippen LogP contribution >= 0.6 is 0 Å². The summed E-state index contributed by atoms with van der Waals surface area (Å²) in [6, 6.07) is 9.53. The molecule has 2 rings (SSSR count). The van der Waals surface area contributed by atoms with Crippen molar-refractivity contribution in [2.75, 3.05) is 26.2 Å². The number of rotatable bonds is 3. The molecule has 1 aliphatic heterocycles. The number of piperazine rings is 1. The maximum Gasteiger partial charge on any atom is 0.410 e. The molecule has 1 atom stereocenters. The molecule has 5 nitrogen and oxygen atoms in total. The molecule has 5 heteroatoms. The van der Waals surface area contributed by atoms with E-state index in [9.17, 15) is 4.79 Å². The lowest BCUT2D eigenvalue weighted by Gasteiger charge is -2.31. The zero-order valence-electron chi connectivity index (χ0n) is 10.2. The van der Waals surface area contributed by atoms with Gasteiger partial charge in [-0.15, -0.1) is 0 Å². The predicted octanol–water partition coefficient (Wildman–Crippen LogP) is 0.589. The van der Waals surface area contributed by atoms with Crippen molar-refractivity contribution in [3.63, 3.8) is 0 Å². The van der Waals surface area contributed by atoms with Gasteiger partial charge in [-0.05, 0) is 5.56 Å². The molecule has 0 spiro atoms. The van der Waals surface area contributed by atoms with Crippen LogP contribution in [0, 0.1) is 0 Å². The van der Waals surface area contributed by atoms with E-state index in [2.05, 4.69) is 5.32 Å². The number of carbonyl (C=O) groups excluding carboxylic acids is 1. The lowest BCUT2D eigenvalue weighted by atomic mass is 10.2. The maximum absolute atomic E-state index is 11.8. The van der Waals surface area contributed by atoms with Crippen molar-refractivity contribution in [2.45, 2.75) is 12.6 Å². The van der Waals surface area contributed by atoms with Crippen LogP contribution in [0.25, 0.3) is 0 Å². The quantitative estimate of drug-likeness (QED) is 0.824. The first-order valence-electron chi connectivity index (χ1n) is 6.09. The van der Waals surface area contributed by atoms with Crippen LogP contribution in [0.1, 0.15) is 5.56 Å². The van der Waals surface area contributed by atoms with Crippen LogP contribution in [-0.2, 0) is 11.3 Å². The molecule has 0 aromatic heterocycles. The molecule has 1 aliphatic rings. The van der Waals surface area contributed by atoms with Crippen molar-refractivity contribution in [3.8, 4) is 0 Å². The van der Waals surface area contributed by atoms with Gasteiger partial charge in [-0.3, -0.25) is 0 Å². The first-order chi connectivity index (χ1) is 8.79. The molecule has 1 aromatic carbocycles. The van der Waals surface area contributed by atoms with E-state index in [-0.39, 0.29) is 25.3 Å². The first kappa shape index (κ1) is 12.9. The largest absolute Gasteiger partial charge is 0.445 e. The van der Waals surface area contributed by atoms with Crippen molar-refractivity contribution < 1.29 is 14.6 Å². The van der Waals surface area contributed by atoms with Gasteiger partial charge in [0, 0.05) is 25.7 Å². The minimum atomic E-state index is -0.321. The van der Waals surface area contributed by atoms with Crippen molar-refractivity contribution >= 4 is 6.09 Å². The Hall–Kier alpha value is -1.59. The average Bonchev–Trinajstić information content (AvgIpc) is 2.46. The Kier molecular flexibility index (Phi) is 4.55. The molecule has 1 aromatic rings. The number of carbonyl (C=O) groups is 1. The van der Waals surface area contributed by atoms with Gasteiger partial charge in [-0.2, -0.15) is 0 Å². The highest BCUT2D eigenvalue weighted by molar-refractivity contribution is 5.67. The summed E-state index contributed by atoms with van der Waals surface area (Å²) in [5.74, 6) is 0. The zero-order chi connectivity index (χ0) is 12.8. The van der Waals surface area contributed by atoms with Crippen LogP contribution in [0.15, 0.2) is 30.3 Å².